The number of imidazole rings is 1. The van der Waals surface area contributed by atoms with E-state index in [2.05, 4.69) is 45.1 Å². The molecule has 4 heteroatoms. The molecular weight excluding hydrogens is 289 g/mol. The number of rotatable bonds is 1. The van der Waals surface area contributed by atoms with Crippen molar-refractivity contribution in [2.24, 2.45) is 0 Å². The van der Waals surface area contributed by atoms with Gasteiger partial charge < -0.3 is 4.57 Å². The minimum atomic E-state index is 0.694. The van der Waals surface area contributed by atoms with Gasteiger partial charge in [-0.3, -0.25) is 0 Å². The summed E-state index contributed by atoms with van der Waals surface area (Å²) in [6.07, 6.45) is 0. The third-order valence-corrected chi connectivity index (χ3v) is 2.98. The lowest BCUT2D eigenvalue weighted by Gasteiger charge is -2.01. The van der Waals surface area contributed by atoms with Crippen LogP contribution in [0, 0.1) is 15.2 Å². The topological polar surface area (TPSA) is 41.6 Å². The zero-order chi connectivity index (χ0) is 10.1. The van der Waals surface area contributed by atoms with Crippen LogP contribution in [0.5, 0.6) is 0 Å². The highest BCUT2D eigenvalue weighted by Crippen LogP contribution is 2.20. The number of benzene rings is 1. The van der Waals surface area contributed by atoms with Crippen molar-refractivity contribution in [1.29, 1.82) is 5.26 Å². The summed E-state index contributed by atoms with van der Waals surface area (Å²) >= 11 is 2.19. The Kier molecular flexibility index (Phi) is 2.42. The largest absolute Gasteiger partial charge is 0.319 e. The Morgan fingerprint density at radius 3 is 3.00 bits per heavy atom. The van der Waals surface area contributed by atoms with Gasteiger partial charge in [0.15, 0.2) is 3.83 Å². The second-order valence-corrected chi connectivity index (χ2v) is 3.88. The van der Waals surface area contributed by atoms with Gasteiger partial charge >= 0.3 is 0 Å². The fraction of sp³-hybridized carbons (Fsp3) is 0.200. The molecule has 14 heavy (non-hydrogen) atoms. The van der Waals surface area contributed by atoms with Gasteiger partial charge in [-0.05, 0) is 41.6 Å². The highest BCUT2D eigenvalue weighted by Gasteiger charge is 2.10. The van der Waals surface area contributed by atoms with E-state index in [0.29, 0.717) is 5.56 Å². The standard InChI is InChI=1S/C10H8IN3/c1-2-14-9-7(6-12)4-3-5-8(9)13-10(14)11/h3-5H,2H2,1H3. The summed E-state index contributed by atoms with van der Waals surface area (Å²) in [7, 11) is 0. The molecule has 0 aliphatic rings. The van der Waals surface area contributed by atoms with Crippen molar-refractivity contribution in [3.63, 3.8) is 0 Å². The van der Waals surface area contributed by atoms with Gasteiger partial charge in [0.05, 0.1) is 16.6 Å². The first-order valence-corrected chi connectivity index (χ1v) is 5.40. The molecule has 70 valence electrons. The Bertz CT molecular complexity index is 522. The SMILES string of the molecule is CCn1c(I)nc2cccc(C#N)c21. The molecule has 0 saturated heterocycles. The van der Waals surface area contributed by atoms with Crippen molar-refractivity contribution >= 4 is 33.6 Å². The first kappa shape index (κ1) is 9.46. The number of nitrogens with zero attached hydrogens (tertiary/aromatic N) is 3. The Balaban J connectivity index is 2.91. The summed E-state index contributed by atoms with van der Waals surface area (Å²) < 4.78 is 2.98. The second kappa shape index (κ2) is 3.58. The van der Waals surface area contributed by atoms with E-state index in [1.807, 2.05) is 18.2 Å². The minimum absolute atomic E-state index is 0.694. The Morgan fingerprint density at radius 2 is 2.36 bits per heavy atom. The zero-order valence-electron chi connectivity index (χ0n) is 7.66. The second-order valence-electron chi connectivity index (χ2n) is 2.91. The predicted molar refractivity (Wildman–Crippen MR) is 62.8 cm³/mol. The molecule has 1 heterocycles. The predicted octanol–water partition coefficient (Wildman–Crippen LogP) is 2.53. The minimum Gasteiger partial charge on any atom is -0.319 e. The zero-order valence-corrected chi connectivity index (χ0v) is 9.82. The van der Waals surface area contributed by atoms with E-state index < -0.39 is 0 Å². The van der Waals surface area contributed by atoms with Crippen molar-refractivity contribution in [3.05, 3.63) is 27.6 Å². The van der Waals surface area contributed by atoms with Crippen molar-refractivity contribution in [3.8, 4) is 6.07 Å². The molecule has 0 radical (unpaired) electrons. The molecule has 0 atom stereocenters. The lowest BCUT2D eigenvalue weighted by atomic mass is 10.2. The average Bonchev–Trinajstić information content (AvgIpc) is 2.52. The van der Waals surface area contributed by atoms with Crippen LogP contribution >= 0.6 is 22.6 Å². The van der Waals surface area contributed by atoms with Gasteiger partial charge in [-0.15, -0.1) is 0 Å². The fourth-order valence-corrected chi connectivity index (χ4v) is 2.38. The molecule has 0 amide bonds. The molecule has 0 fully saturated rings. The number of nitriles is 1. The summed E-state index contributed by atoms with van der Waals surface area (Å²) in [5.74, 6) is 0. The Morgan fingerprint density at radius 1 is 1.57 bits per heavy atom. The summed E-state index contributed by atoms with van der Waals surface area (Å²) in [4.78, 5) is 4.39. The van der Waals surface area contributed by atoms with Gasteiger partial charge in [0.2, 0.25) is 0 Å². The average molecular weight is 297 g/mol. The number of hydrogen-bond donors (Lipinski definition) is 0. The van der Waals surface area contributed by atoms with Gasteiger partial charge in [0.25, 0.3) is 0 Å². The van der Waals surface area contributed by atoms with Crippen LogP contribution in [0.25, 0.3) is 11.0 Å². The summed E-state index contributed by atoms with van der Waals surface area (Å²) in [6, 6.07) is 7.82. The highest BCUT2D eigenvalue weighted by molar-refractivity contribution is 14.1. The first-order chi connectivity index (χ1) is 6.77. The van der Waals surface area contributed by atoms with Gasteiger partial charge in [0.1, 0.15) is 6.07 Å². The molecule has 1 aromatic heterocycles. The van der Waals surface area contributed by atoms with E-state index in [1.54, 1.807) is 0 Å². The van der Waals surface area contributed by atoms with Gasteiger partial charge in [-0.2, -0.15) is 5.26 Å². The normalized spacial score (nSPS) is 10.4. The van der Waals surface area contributed by atoms with E-state index in [9.17, 15) is 0 Å². The van der Waals surface area contributed by atoms with Crippen LogP contribution in [0.1, 0.15) is 12.5 Å². The highest BCUT2D eigenvalue weighted by atomic mass is 127. The molecule has 2 aromatic rings. The molecule has 0 aliphatic carbocycles. The molecule has 3 nitrogen and oxygen atoms in total. The third-order valence-electron chi connectivity index (χ3n) is 2.16. The maximum atomic E-state index is 8.97. The molecular formula is C10H8IN3. The van der Waals surface area contributed by atoms with E-state index in [1.165, 1.54) is 0 Å². The molecule has 0 saturated carbocycles. The lowest BCUT2D eigenvalue weighted by molar-refractivity contribution is 0.762. The van der Waals surface area contributed by atoms with E-state index in [-0.39, 0.29) is 0 Å². The molecule has 0 bridgehead atoms. The molecule has 0 N–H and O–H groups in total. The van der Waals surface area contributed by atoms with Crippen LogP contribution in [0.15, 0.2) is 18.2 Å². The smallest absolute Gasteiger partial charge is 0.172 e. The molecule has 1 aromatic carbocycles. The van der Waals surface area contributed by atoms with Crippen molar-refractivity contribution in [2.45, 2.75) is 13.5 Å². The van der Waals surface area contributed by atoms with Gasteiger partial charge in [-0.1, -0.05) is 6.07 Å². The van der Waals surface area contributed by atoms with Crippen LogP contribution in [-0.4, -0.2) is 9.55 Å². The fourth-order valence-electron chi connectivity index (χ4n) is 1.54. The summed E-state index contributed by atoms with van der Waals surface area (Å²) in [6.45, 7) is 2.89. The lowest BCUT2D eigenvalue weighted by Crippen LogP contribution is -1.97. The maximum absolute atomic E-state index is 8.97. The van der Waals surface area contributed by atoms with Gasteiger partial charge in [0, 0.05) is 6.54 Å². The van der Waals surface area contributed by atoms with Crippen LogP contribution in [-0.2, 0) is 6.54 Å². The van der Waals surface area contributed by atoms with E-state index in [4.69, 9.17) is 5.26 Å². The van der Waals surface area contributed by atoms with Crippen LogP contribution in [0.2, 0.25) is 0 Å². The number of halogens is 1. The van der Waals surface area contributed by atoms with Gasteiger partial charge in [-0.25, -0.2) is 4.98 Å². The van der Waals surface area contributed by atoms with Crippen LogP contribution in [0.4, 0.5) is 0 Å². The number of para-hydroxylation sites is 1. The summed E-state index contributed by atoms with van der Waals surface area (Å²) in [5.41, 5.74) is 2.54. The number of aryl methyl sites for hydroxylation is 1. The third kappa shape index (κ3) is 1.28. The first-order valence-electron chi connectivity index (χ1n) is 4.32. The van der Waals surface area contributed by atoms with Crippen LogP contribution in [0.3, 0.4) is 0 Å². The number of fused-ring (bicyclic) bond motifs is 1. The summed E-state index contributed by atoms with van der Waals surface area (Å²) in [5, 5.41) is 8.97. The van der Waals surface area contributed by atoms with E-state index in [0.717, 1.165) is 21.4 Å². The maximum Gasteiger partial charge on any atom is 0.172 e. The Hall–Kier alpha value is -1.09. The van der Waals surface area contributed by atoms with Crippen molar-refractivity contribution < 1.29 is 0 Å². The molecule has 0 unspecified atom stereocenters. The quantitative estimate of drug-likeness (QED) is 0.759. The van der Waals surface area contributed by atoms with Crippen LogP contribution < -0.4 is 0 Å². The van der Waals surface area contributed by atoms with E-state index >= 15 is 0 Å². The van der Waals surface area contributed by atoms with Crippen molar-refractivity contribution in [1.82, 2.24) is 9.55 Å². The molecule has 2 rings (SSSR count). The molecule has 0 spiro atoms. The Labute approximate surface area is 95.5 Å². The monoisotopic (exact) mass is 297 g/mol. The van der Waals surface area contributed by atoms with Crippen molar-refractivity contribution in [2.75, 3.05) is 0 Å². The number of hydrogen-bond acceptors (Lipinski definition) is 2. The number of aromatic nitrogens is 2. The molecule has 0 aliphatic heterocycles.